The lowest BCUT2D eigenvalue weighted by atomic mass is 10.0. The SMILES string of the molecule is Fc1ccccc1C1=CCSCC1. The molecule has 0 radical (unpaired) electrons. The molecule has 1 aromatic rings. The first kappa shape index (κ1) is 8.82. The molecule has 1 aromatic carbocycles. The van der Waals surface area contributed by atoms with E-state index < -0.39 is 0 Å². The summed E-state index contributed by atoms with van der Waals surface area (Å²) in [6.45, 7) is 0. The quantitative estimate of drug-likeness (QED) is 0.660. The summed E-state index contributed by atoms with van der Waals surface area (Å²) < 4.78 is 13.3. The molecule has 1 aliphatic rings. The van der Waals surface area contributed by atoms with Crippen molar-refractivity contribution in [2.24, 2.45) is 0 Å². The summed E-state index contributed by atoms with van der Waals surface area (Å²) in [4.78, 5) is 0. The van der Waals surface area contributed by atoms with Gasteiger partial charge in [0.1, 0.15) is 5.82 Å². The monoisotopic (exact) mass is 194 g/mol. The van der Waals surface area contributed by atoms with E-state index in [1.165, 1.54) is 6.07 Å². The first-order chi connectivity index (χ1) is 6.38. The molecule has 2 heteroatoms. The number of rotatable bonds is 1. The Labute approximate surface area is 81.8 Å². The molecule has 0 saturated heterocycles. The van der Waals surface area contributed by atoms with Gasteiger partial charge in [0.25, 0.3) is 0 Å². The minimum atomic E-state index is -0.0966. The first-order valence-corrected chi connectivity index (χ1v) is 5.55. The van der Waals surface area contributed by atoms with Crippen molar-refractivity contribution in [1.82, 2.24) is 0 Å². The predicted octanol–water partition coefficient (Wildman–Crippen LogP) is 3.35. The highest BCUT2D eigenvalue weighted by molar-refractivity contribution is 7.99. The molecule has 0 unspecified atom stereocenters. The van der Waals surface area contributed by atoms with Crippen LogP contribution in [0.25, 0.3) is 5.57 Å². The molecule has 0 fully saturated rings. The lowest BCUT2D eigenvalue weighted by Gasteiger charge is -2.12. The molecule has 1 heterocycles. The van der Waals surface area contributed by atoms with Gasteiger partial charge < -0.3 is 0 Å². The summed E-state index contributed by atoms with van der Waals surface area (Å²) >= 11 is 1.90. The number of allylic oxidation sites excluding steroid dienone is 1. The van der Waals surface area contributed by atoms with Crippen molar-refractivity contribution in [2.45, 2.75) is 6.42 Å². The third kappa shape index (κ3) is 1.94. The number of halogens is 1. The summed E-state index contributed by atoms with van der Waals surface area (Å²) in [6.07, 6.45) is 3.12. The Morgan fingerprint density at radius 3 is 2.77 bits per heavy atom. The second-order valence-electron chi connectivity index (χ2n) is 3.03. The summed E-state index contributed by atoms with van der Waals surface area (Å²) in [5.41, 5.74) is 1.94. The van der Waals surface area contributed by atoms with Gasteiger partial charge in [-0.2, -0.15) is 11.8 Å². The van der Waals surface area contributed by atoms with Crippen LogP contribution in [0.5, 0.6) is 0 Å². The van der Waals surface area contributed by atoms with E-state index in [1.807, 2.05) is 23.9 Å². The van der Waals surface area contributed by atoms with Crippen LogP contribution in [-0.4, -0.2) is 11.5 Å². The molecular weight excluding hydrogens is 183 g/mol. The Hall–Kier alpha value is -0.760. The molecule has 0 spiro atoms. The van der Waals surface area contributed by atoms with E-state index in [4.69, 9.17) is 0 Å². The van der Waals surface area contributed by atoms with Crippen molar-refractivity contribution >= 4 is 17.3 Å². The third-order valence-electron chi connectivity index (χ3n) is 2.18. The Morgan fingerprint density at radius 2 is 2.08 bits per heavy atom. The molecule has 13 heavy (non-hydrogen) atoms. The van der Waals surface area contributed by atoms with Crippen LogP contribution in [0.1, 0.15) is 12.0 Å². The third-order valence-corrected chi connectivity index (χ3v) is 3.08. The zero-order valence-electron chi connectivity index (χ0n) is 7.29. The van der Waals surface area contributed by atoms with E-state index in [2.05, 4.69) is 6.08 Å². The van der Waals surface area contributed by atoms with Gasteiger partial charge in [0.2, 0.25) is 0 Å². The van der Waals surface area contributed by atoms with Gasteiger partial charge in [-0.25, -0.2) is 4.39 Å². The van der Waals surface area contributed by atoms with Crippen molar-refractivity contribution in [3.63, 3.8) is 0 Å². The second-order valence-corrected chi connectivity index (χ2v) is 4.18. The highest BCUT2D eigenvalue weighted by Crippen LogP contribution is 2.27. The van der Waals surface area contributed by atoms with E-state index in [9.17, 15) is 4.39 Å². The van der Waals surface area contributed by atoms with Gasteiger partial charge in [-0.15, -0.1) is 0 Å². The lowest BCUT2D eigenvalue weighted by Crippen LogP contribution is -1.97. The Morgan fingerprint density at radius 1 is 1.23 bits per heavy atom. The van der Waals surface area contributed by atoms with Crippen LogP contribution in [0.15, 0.2) is 30.3 Å². The van der Waals surface area contributed by atoms with Crippen molar-refractivity contribution in [3.05, 3.63) is 41.7 Å². The lowest BCUT2D eigenvalue weighted by molar-refractivity contribution is 0.623. The molecular formula is C11H11FS. The number of thioether (sulfide) groups is 1. The van der Waals surface area contributed by atoms with E-state index in [1.54, 1.807) is 6.07 Å². The maximum atomic E-state index is 13.3. The number of hydrogen-bond acceptors (Lipinski definition) is 1. The minimum absolute atomic E-state index is 0.0966. The summed E-state index contributed by atoms with van der Waals surface area (Å²) in [6, 6.07) is 7.01. The predicted molar refractivity (Wildman–Crippen MR) is 56.3 cm³/mol. The molecule has 0 amide bonds. The van der Waals surface area contributed by atoms with E-state index in [0.717, 1.165) is 29.1 Å². The highest BCUT2D eigenvalue weighted by atomic mass is 32.2. The van der Waals surface area contributed by atoms with Gasteiger partial charge in [0, 0.05) is 11.3 Å². The molecule has 0 aromatic heterocycles. The van der Waals surface area contributed by atoms with Gasteiger partial charge in [-0.1, -0.05) is 24.3 Å². The molecule has 0 nitrogen and oxygen atoms in total. The molecule has 0 saturated carbocycles. The largest absolute Gasteiger partial charge is 0.206 e. The Balaban J connectivity index is 2.34. The zero-order valence-corrected chi connectivity index (χ0v) is 8.11. The summed E-state index contributed by atoms with van der Waals surface area (Å²) in [5.74, 6) is 2.03. The van der Waals surface area contributed by atoms with E-state index in [-0.39, 0.29) is 5.82 Å². The average Bonchev–Trinajstić information content (AvgIpc) is 2.20. The van der Waals surface area contributed by atoms with Gasteiger partial charge in [-0.05, 0) is 23.8 Å². The minimum Gasteiger partial charge on any atom is -0.206 e. The Kier molecular flexibility index (Phi) is 2.69. The maximum absolute atomic E-state index is 13.3. The molecule has 0 bridgehead atoms. The van der Waals surface area contributed by atoms with Crippen LogP contribution in [0.4, 0.5) is 4.39 Å². The maximum Gasteiger partial charge on any atom is 0.130 e. The van der Waals surface area contributed by atoms with Crippen molar-refractivity contribution in [2.75, 3.05) is 11.5 Å². The first-order valence-electron chi connectivity index (χ1n) is 4.39. The van der Waals surface area contributed by atoms with E-state index >= 15 is 0 Å². The topological polar surface area (TPSA) is 0 Å². The second kappa shape index (κ2) is 3.97. The highest BCUT2D eigenvalue weighted by Gasteiger charge is 2.09. The van der Waals surface area contributed by atoms with Crippen LogP contribution in [0.3, 0.4) is 0 Å². The Bertz CT molecular complexity index is 331. The number of hydrogen-bond donors (Lipinski definition) is 0. The van der Waals surface area contributed by atoms with Crippen LogP contribution in [-0.2, 0) is 0 Å². The van der Waals surface area contributed by atoms with Crippen LogP contribution in [0.2, 0.25) is 0 Å². The number of benzene rings is 1. The molecule has 0 aliphatic carbocycles. The smallest absolute Gasteiger partial charge is 0.130 e. The van der Waals surface area contributed by atoms with Crippen LogP contribution < -0.4 is 0 Å². The van der Waals surface area contributed by atoms with Gasteiger partial charge in [-0.3, -0.25) is 0 Å². The van der Waals surface area contributed by atoms with Gasteiger partial charge in [0.05, 0.1) is 0 Å². The molecule has 2 rings (SSSR count). The van der Waals surface area contributed by atoms with Gasteiger partial charge >= 0.3 is 0 Å². The zero-order chi connectivity index (χ0) is 9.10. The molecule has 0 atom stereocenters. The molecule has 1 aliphatic heterocycles. The molecule has 68 valence electrons. The van der Waals surface area contributed by atoms with E-state index in [0.29, 0.717) is 0 Å². The summed E-state index contributed by atoms with van der Waals surface area (Å²) in [7, 11) is 0. The molecule has 0 N–H and O–H groups in total. The normalized spacial score (nSPS) is 16.8. The average molecular weight is 194 g/mol. The fraction of sp³-hybridized carbons (Fsp3) is 0.273. The fourth-order valence-electron chi connectivity index (χ4n) is 1.49. The van der Waals surface area contributed by atoms with Crippen LogP contribution in [0, 0.1) is 5.82 Å². The summed E-state index contributed by atoms with van der Waals surface area (Å²) in [5, 5.41) is 0. The van der Waals surface area contributed by atoms with Gasteiger partial charge in [0.15, 0.2) is 0 Å². The van der Waals surface area contributed by atoms with Crippen molar-refractivity contribution in [1.29, 1.82) is 0 Å². The van der Waals surface area contributed by atoms with Crippen molar-refractivity contribution < 1.29 is 4.39 Å². The fourth-order valence-corrected chi connectivity index (χ4v) is 2.34. The van der Waals surface area contributed by atoms with Crippen molar-refractivity contribution in [3.8, 4) is 0 Å². The van der Waals surface area contributed by atoms with Crippen LogP contribution >= 0.6 is 11.8 Å². The standard InChI is InChI=1S/C11H11FS/c12-11-4-2-1-3-10(11)9-5-7-13-8-6-9/h1-5H,6-8H2.